The molecule has 2 aromatic heterocycles. The minimum atomic E-state index is -0.224. The molecule has 9 heteroatoms. The van der Waals surface area contributed by atoms with Gasteiger partial charge in [0.15, 0.2) is 0 Å². The summed E-state index contributed by atoms with van der Waals surface area (Å²) in [4.78, 5) is 32.4. The Kier molecular flexibility index (Phi) is 6.19. The van der Waals surface area contributed by atoms with E-state index >= 15 is 0 Å². The van der Waals surface area contributed by atoms with Gasteiger partial charge in [-0.1, -0.05) is 30.8 Å². The van der Waals surface area contributed by atoms with E-state index in [0.717, 1.165) is 46.5 Å². The molecular weight excluding hydrogens is 442 g/mol. The van der Waals surface area contributed by atoms with Crippen molar-refractivity contribution in [2.45, 2.75) is 25.4 Å². The zero-order valence-electron chi connectivity index (χ0n) is 19.7. The first-order chi connectivity index (χ1) is 17.1. The predicted molar refractivity (Wildman–Crippen MR) is 133 cm³/mol. The van der Waals surface area contributed by atoms with Gasteiger partial charge in [0, 0.05) is 48.7 Å². The van der Waals surface area contributed by atoms with Gasteiger partial charge in [-0.3, -0.25) is 9.78 Å². The van der Waals surface area contributed by atoms with Crippen LogP contribution in [0.15, 0.2) is 49.3 Å². The van der Waals surface area contributed by atoms with Crippen molar-refractivity contribution in [3.05, 3.63) is 60.6 Å². The summed E-state index contributed by atoms with van der Waals surface area (Å²) in [5, 5.41) is 11.6. The Labute approximate surface area is 204 Å². The molecule has 178 valence electrons. The largest absolute Gasteiger partial charge is 0.467 e. The van der Waals surface area contributed by atoms with Gasteiger partial charge in [0.25, 0.3) is 0 Å². The number of carbonyl (C=O) groups is 1. The van der Waals surface area contributed by atoms with E-state index in [4.69, 9.17) is 14.7 Å². The first-order valence-electron chi connectivity index (χ1n) is 11.7. The summed E-state index contributed by atoms with van der Waals surface area (Å²) in [6, 6.07) is 10.6. The molecular formula is C26H27N7O2. The quantitative estimate of drug-likeness (QED) is 0.526. The number of pyridine rings is 1. The molecule has 0 radical (unpaired) electrons. The van der Waals surface area contributed by atoms with Gasteiger partial charge in [-0.05, 0) is 12.5 Å². The number of amides is 1. The maximum atomic E-state index is 12.3. The zero-order valence-corrected chi connectivity index (χ0v) is 19.7. The molecule has 1 atom stereocenters. The first-order valence-corrected chi connectivity index (χ1v) is 11.7. The van der Waals surface area contributed by atoms with E-state index in [1.54, 1.807) is 12.0 Å². The number of nitriles is 1. The van der Waals surface area contributed by atoms with Gasteiger partial charge in [0.1, 0.15) is 5.82 Å². The van der Waals surface area contributed by atoms with Gasteiger partial charge >= 0.3 is 6.01 Å². The van der Waals surface area contributed by atoms with Crippen molar-refractivity contribution < 1.29 is 9.53 Å². The fourth-order valence-corrected chi connectivity index (χ4v) is 5.03. The molecule has 0 bridgehead atoms. The highest BCUT2D eigenvalue weighted by Crippen LogP contribution is 2.34. The molecule has 1 unspecified atom stereocenters. The zero-order chi connectivity index (χ0) is 24.4. The fourth-order valence-electron chi connectivity index (χ4n) is 5.03. The second-order valence-electron chi connectivity index (χ2n) is 8.71. The number of fused-ring (bicyclic) bond motifs is 2. The van der Waals surface area contributed by atoms with Crippen LogP contribution in [0, 0.1) is 11.3 Å². The van der Waals surface area contributed by atoms with Gasteiger partial charge in [0.05, 0.1) is 49.8 Å². The molecule has 1 fully saturated rings. The topological polar surface area (TPSA) is 98.5 Å². The van der Waals surface area contributed by atoms with Crippen LogP contribution in [0.25, 0.3) is 10.8 Å². The molecule has 0 N–H and O–H groups in total. The third-order valence-electron chi connectivity index (χ3n) is 6.76. The molecule has 1 saturated heterocycles. The van der Waals surface area contributed by atoms with Crippen molar-refractivity contribution >= 4 is 28.2 Å². The van der Waals surface area contributed by atoms with Crippen molar-refractivity contribution in [3.63, 3.8) is 0 Å². The standard InChI is InChI=1S/C26H27N7O2/c1-3-24(34)33-13-12-32(16-19(33)8-10-27)25-21-9-11-31(17-22(21)29-26(30-25)35-2)23-15-28-14-18-6-4-5-7-20(18)23/h3-7,14-15,19H,1,8-9,11-13,16-17H2,2H3. The number of piperazine rings is 1. The Hall–Kier alpha value is -4.19. The van der Waals surface area contributed by atoms with Crippen molar-refractivity contribution in [1.29, 1.82) is 5.26 Å². The molecule has 3 aromatic rings. The molecule has 1 amide bonds. The first kappa shape index (κ1) is 22.6. The van der Waals surface area contributed by atoms with Crippen LogP contribution in [0.2, 0.25) is 0 Å². The van der Waals surface area contributed by atoms with Crippen LogP contribution < -0.4 is 14.5 Å². The van der Waals surface area contributed by atoms with Gasteiger partial charge in [-0.25, -0.2) is 0 Å². The lowest BCUT2D eigenvalue weighted by Crippen LogP contribution is -2.55. The smallest absolute Gasteiger partial charge is 0.318 e. The van der Waals surface area contributed by atoms with Crippen molar-refractivity contribution in [2.24, 2.45) is 0 Å². The van der Waals surface area contributed by atoms with Crippen LogP contribution in [-0.4, -0.2) is 65.1 Å². The second kappa shape index (κ2) is 9.58. The van der Waals surface area contributed by atoms with Crippen LogP contribution in [0.1, 0.15) is 17.7 Å². The molecule has 35 heavy (non-hydrogen) atoms. The van der Waals surface area contributed by atoms with Crippen LogP contribution >= 0.6 is 0 Å². The monoisotopic (exact) mass is 469 g/mol. The second-order valence-corrected chi connectivity index (χ2v) is 8.71. The minimum absolute atomic E-state index is 0.147. The Balaban J connectivity index is 1.47. The highest BCUT2D eigenvalue weighted by Gasteiger charge is 2.33. The number of hydrogen-bond acceptors (Lipinski definition) is 8. The summed E-state index contributed by atoms with van der Waals surface area (Å²) in [6.07, 6.45) is 6.13. The predicted octanol–water partition coefficient (Wildman–Crippen LogP) is 2.71. The molecule has 1 aromatic carbocycles. The summed E-state index contributed by atoms with van der Waals surface area (Å²) in [6.45, 7) is 6.68. The number of nitrogens with zero attached hydrogens (tertiary/aromatic N) is 7. The van der Waals surface area contributed by atoms with Gasteiger partial charge in [-0.2, -0.15) is 15.2 Å². The van der Waals surface area contributed by atoms with Crippen LogP contribution in [0.4, 0.5) is 11.5 Å². The third kappa shape index (κ3) is 4.23. The number of methoxy groups -OCH3 is 1. The summed E-state index contributed by atoms with van der Waals surface area (Å²) >= 11 is 0. The fraction of sp³-hybridized carbons (Fsp3) is 0.346. The lowest BCUT2D eigenvalue weighted by molar-refractivity contribution is -0.128. The van der Waals surface area contributed by atoms with Crippen LogP contribution in [-0.2, 0) is 17.8 Å². The van der Waals surface area contributed by atoms with Crippen molar-refractivity contribution in [2.75, 3.05) is 43.1 Å². The van der Waals surface area contributed by atoms with E-state index in [1.807, 2.05) is 24.5 Å². The molecule has 0 spiro atoms. The minimum Gasteiger partial charge on any atom is -0.467 e. The number of aromatic nitrogens is 3. The summed E-state index contributed by atoms with van der Waals surface area (Å²) < 4.78 is 5.46. The number of hydrogen-bond donors (Lipinski definition) is 0. The lowest BCUT2D eigenvalue weighted by atomic mass is 10.0. The van der Waals surface area contributed by atoms with E-state index in [2.05, 4.69) is 39.6 Å². The van der Waals surface area contributed by atoms with E-state index in [9.17, 15) is 10.1 Å². The Morgan fingerprint density at radius 3 is 2.89 bits per heavy atom. The molecule has 0 aliphatic carbocycles. The van der Waals surface area contributed by atoms with Crippen molar-refractivity contribution in [3.8, 4) is 12.1 Å². The van der Waals surface area contributed by atoms with Crippen LogP contribution in [0.5, 0.6) is 6.01 Å². The summed E-state index contributed by atoms with van der Waals surface area (Å²) in [7, 11) is 1.57. The van der Waals surface area contributed by atoms with Crippen molar-refractivity contribution in [1.82, 2.24) is 19.9 Å². The number of benzene rings is 1. The van der Waals surface area contributed by atoms with Gasteiger partial charge in [0.2, 0.25) is 5.91 Å². The number of carbonyl (C=O) groups excluding carboxylic acids is 1. The Morgan fingerprint density at radius 1 is 1.23 bits per heavy atom. The van der Waals surface area contributed by atoms with E-state index in [0.29, 0.717) is 32.2 Å². The third-order valence-corrected chi connectivity index (χ3v) is 6.76. The van der Waals surface area contributed by atoms with Gasteiger partial charge < -0.3 is 19.4 Å². The average Bonchev–Trinajstić information content (AvgIpc) is 2.91. The number of ether oxygens (including phenoxy) is 1. The Morgan fingerprint density at radius 2 is 2.09 bits per heavy atom. The molecule has 2 aliphatic rings. The highest BCUT2D eigenvalue weighted by atomic mass is 16.5. The SMILES string of the molecule is C=CC(=O)N1CCN(c2nc(OC)nc3c2CCN(c2cncc4ccccc24)C3)CC1CC#N. The van der Waals surface area contributed by atoms with E-state index in [-0.39, 0.29) is 18.4 Å². The molecule has 2 aliphatic heterocycles. The van der Waals surface area contributed by atoms with E-state index < -0.39 is 0 Å². The highest BCUT2D eigenvalue weighted by molar-refractivity contribution is 5.93. The number of rotatable bonds is 5. The van der Waals surface area contributed by atoms with Gasteiger partial charge in [-0.15, -0.1) is 0 Å². The number of anilines is 2. The van der Waals surface area contributed by atoms with Crippen LogP contribution in [0.3, 0.4) is 0 Å². The van der Waals surface area contributed by atoms with E-state index in [1.165, 1.54) is 6.08 Å². The average molecular weight is 470 g/mol. The maximum Gasteiger partial charge on any atom is 0.318 e. The normalized spacial score (nSPS) is 17.6. The molecule has 0 saturated carbocycles. The summed E-state index contributed by atoms with van der Waals surface area (Å²) in [5.41, 5.74) is 3.10. The maximum absolute atomic E-state index is 12.3. The Bertz CT molecular complexity index is 1310. The summed E-state index contributed by atoms with van der Waals surface area (Å²) in [5.74, 6) is 0.683. The molecule has 5 rings (SSSR count). The molecule has 9 nitrogen and oxygen atoms in total. The lowest BCUT2D eigenvalue weighted by Gasteiger charge is -2.42. The molecule has 4 heterocycles.